The highest BCUT2D eigenvalue weighted by Gasteiger charge is 2.46. The van der Waals surface area contributed by atoms with Crippen LogP contribution in [0.2, 0.25) is 0 Å². The van der Waals surface area contributed by atoms with E-state index < -0.39 is 51.7 Å². The Morgan fingerprint density at radius 1 is 0.925 bits per heavy atom. The Kier molecular flexibility index (Phi) is 8.86. The van der Waals surface area contributed by atoms with Crippen molar-refractivity contribution in [3.63, 3.8) is 0 Å². The first-order valence-corrected chi connectivity index (χ1v) is 13.4. The lowest BCUT2D eigenvalue weighted by molar-refractivity contribution is -0.163. The van der Waals surface area contributed by atoms with Crippen LogP contribution in [0.15, 0.2) is 64.4 Å². The van der Waals surface area contributed by atoms with Crippen LogP contribution in [0.5, 0.6) is 0 Å². The van der Waals surface area contributed by atoms with Crippen LogP contribution in [0.25, 0.3) is 6.08 Å². The molecule has 5 nitrogen and oxygen atoms in total. The van der Waals surface area contributed by atoms with Crippen molar-refractivity contribution in [2.24, 2.45) is 5.92 Å². The maximum absolute atomic E-state index is 14.3. The summed E-state index contributed by atoms with van der Waals surface area (Å²) < 4.78 is 85.6. The number of piperidine rings is 1. The number of halogens is 6. The predicted octanol–water partition coefficient (Wildman–Crippen LogP) is 6.98. The van der Waals surface area contributed by atoms with E-state index in [0.717, 1.165) is 24.3 Å². The molecule has 1 amide bonds. The molecule has 1 unspecified atom stereocenters. The summed E-state index contributed by atoms with van der Waals surface area (Å²) in [5.74, 6) is -2.24. The molecule has 1 N–H and O–H groups in total. The highest BCUT2D eigenvalue weighted by Crippen LogP contribution is 2.49. The largest absolute Gasteiger partial charge is 0.481 e. The van der Waals surface area contributed by atoms with E-state index in [1.807, 2.05) is 6.08 Å². The van der Waals surface area contributed by atoms with Gasteiger partial charge in [0, 0.05) is 42.0 Å². The number of carboxylic acids is 1. The molecule has 4 rings (SSSR count). The second-order valence-corrected chi connectivity index (χ2v) is 10.6. The number of hydrogen-bond acceptors (Lipinski definition) is 4. The molecule has 12 heteroatoms. The summed E-state index contributed by atoms with van der Waals surface area (Å²) >= 11 is 0.541. The molecule has 0 aliphatic carbocycles. The fraction of sp³-hybridized carbons (Fsp3) is 0.357. The van der Waals surface area contributed by atoms with E-state index in [4.69, 9.17) is 0 Å². The van der Waals surface area contributed by atoms with Crippen molar-refractivity contribution in [3.05, 3.63) is 71.3 Å². The minimum absolute atomic E-state index is 0.136. The quantitative estimate of drug-likeness (QED) is 0.226. The minimum atomic E-state index is -5.36. The van der Waals surface area contributed by atoms with E-state index in [0.29, 0.717) is 49.8 Å². The monoisotopic (exact) mass is 584 g/mol. The first-order chi connectivity index (χ1) is 18.9. The maximum atomic E-state index is 14.3. The molecule has 1 saturated heterocycles. The number of amides is 1. The van der Waals surface area contributed by atoms with Gasteiger partial charge in [0.1, 0.15) is 0 Å². The van der Waals surface area contributed by atoms with Gasteiger partial charge in [0.25, 0.3) is 0 Å². The van der Waals surface area contributed by atoms with E-state index >= 15 is 0 Å². The number of carbonyl (C=O) groups excluding carboxylic acids is 1. The summed E-state index contributed by atoms with van der Waals surface area (Å²) in [5, 5.41) is 9.42. The van der Waals surface area contributed by atoms with Crippen molar-refractivity contribution in [1.29, 1.82) is 0 Å². The first-order valence-electron chi connectivity index (χ1n) is 12.5. The number of carboxylic acid groups (broad SMARTS) is 1. The standard InChI is InChI=1S/C28H26F6N2O3S/c29-27(30,31)24-18(11-13-23(37)35-14-4-1-5-15-35)10-12-22(25(24)28(32,33)34)40-21-9-3-2-8-20(21)36-16-6-7-19(17-36)26(38)39/h1-4,8-13,19H,5-7,14-17H2,(H,38,39). The van der Waals surface area contributed by atoms with Gasteiger partial charge in [-0.1, -0.05) is 42.1 Å². The Bertz CT molecular complexity index is 1320. The Labute approximate surface area is 231 Å². The molecule has 0 aromatic heterocycles. The number of para-hydroxylation sites is 1. The van der Waals surface area contributed by atoms with Crippen LogP contribution >= 0.6 is 11.8 Å². The summed E-state index contributed by atoms with van der Waals surface area (Å²) in [6.07, 6.45) is -3.90. The van der Waals surface area contributed by atoms with Crippen LogP contribution in [0.1, 0.15) is 36.0 Å². The van der Waals surface area contributed by atoms with E-state index in [9.17, 15) is 41.0 Å². The molecule has 40 heavy (non-hydrogen) atoms. The number of rotatable bonds is 6. The van der Waals surface area contributed by atoms with E-state index in [2.05, 4.69) is 0 Å². The van der Waals surface area contributed by atoms with Gasteiger partial charge in [0.15, 0.2) is 0 Å². The molecule has 1 atom stereocenters. The molecule has 2 aromatic carbocycles. The maximum Gasteiger partial charge on any atom is 0.418 e. The molecule has 0 radical (unpaired) electrons. The summed E-state index contributed by atoms with van der Waals surface area (Å²) in [6, 6.07) is 8.22. The number of nitrogens with zero attached hydrogens (tertiary/aromatic N) is 2. The van der Waals surface area contributed by atoms with Crippen LogP contribution < -0.4 is 4.90 Å². The van der Waals surface area contributed by atoms with Gasteiger partial charge in [-0.3, -0.25) is 9.59 Å². The third-order valence-electron chi connectivity index (χ3n) is 6.74. The fourth-order valence-electron chi connectivity index (χ4n) is 4.84. The number of alkyl halides is 6. The molecule has 2 aliphatic rings. The van der Waals surface area contributed by atoms with E-state index in [1.54, 1.807) is 29.2 Å². The molecule has 0 saturated carbocycles. The van der Waals surface area contributed by atoms with Crippen LogP contribution in [0.4, 0.5) is 32.0 Å². The molecule has 2 aliphatic heterocycles. The average Bonchev–Trinajstić information content (AvgIpc) is 2.91. The third kappa shape index (κ3) is 6.83. The Hall–Kier alpha value is -3.41. The zero-order chi connectivity index (χ0) is 29.1. The van der Waals surface area contributed by atoms with E-state index in [-0.39, 0.29) is 18.0 Å². The fourth-order valence-corrected chi connectivity index (χ4v) is 5.98. The summed E-state index contributed by atoms with van der Waals surface area (Å²) in [7, 11) is 0. The zero-order valence-electron chi connectivity index (χ0n) is 21.1. The third-order valence-corrected chi connectivity index (χ3v) is 7.86. The van der Waals surface area contributed by atoms with Crippen LogP contribution in [0.3, 0.4) is 0 Å². The molecule has 0 spiro atoms. The smallest absolute Gasteiger partial charge is 0.418 e. The van der Waals surface area contributed by atoms with Gasteiger partial charge in [0.05, 0.1) is 22.7 Å². The second kappa shape index (κ2) is 12.0. The number of aliphatic carboxylic acids is 1. The molecular formula is C28H26F6N2O3S. The first kappa shape index (κ1) is 29.6. The van der Waals surface area contributed by atoms with Crippen LogP contribution in [-0.4, -0.2) is 48.1 Å². The number of benzene rings is 2. The van der Waals surface area contributed by atoms with Gasteiger partial charge in [-0.2, -0.15) is 26.3 Å². The molecule has 214 valence electrons. The van der Waals surface area contributed by atoms with Gasteiger partial charge in [0.2, 0.25) is 5.91 Å². The van der Waals surface area contributed by atoms with Gasteiger partial charge < -0.3 is 14.9 Å². The Morgan fingerprint density at radius 2 is 1.65 bits per heavy atom. The number of hydrogen-bond donors (Lipinski definition) is 1. The molecule has 2 aromatic rings. The SMILES string of the molecule is O=C(O)C1CCCN(c2ccccc2Sc2ccc(C=CC(=O)N3CC=CCC3)c(C(F)(F)F)c2C(F)(F)F)C1. The number of anilines is 1. The van der Waals surface area contributed by atoms with Crippen molar-refractivity contribution in [2.75, 3.05) is 31.1 Å². The minimum Gasteiger partial charge on any atom is -0.481 e. The van der Waals surface area contributed by atoms with Gasteiger partial charge >= 0.3 is 18.3 Å². The van der Waals surface area contributed by atoms with Gasteiger partial charge in [-0.15, -0.1) is 0 Å². The van der Waals surface area contributed by atoms with Crippen molar-refractivity contribution in [3.8, 4) is 0 Å². The summed E-state index contributed by atoms with van der Waals surface area (Å²) in [4.78, 5) is 26.7. The number of carbonyl (C=O) groups is 2. The normalized spacial score (nSPS) is 18.4. The Morgan fingerprint density at radius 3 is 2.30 bits per heavy atom. The van der Waals surface area contributed by atoms with Gasteiger partial charge in [-0.25, -0.2) is 0 Å². The van der Waals surface area contributed by atoms with Crippen LogP contribution in [-0.2, 0) is 21.9 Å². The lowest BCUT2D eigenvalue weighted by Crippen LogP contribution is -2.38. The second-order valence-electron chi connectivity index (χ2n) is 9.47. The topological polar surface area (TPSA) is 60.9 Å². The average molecular weight is 585 g/mol. The molecular weight excluding hydrogens is 558 g/mol. The van der Waals surface area contributed by atoms with Crippen molar-refractivity contribution in [1.82, 2.24) is 4.90 Å². The van der Waals surface area contributed by atoms with Crippen molar-refractivity contribution in [2.45, 2.75) is 41.4 Å². The molecule has 2 heterocycles. The zero-order valence-corrected chi connectivity index (χ0v) is 22.0. The highest BCUT2D eigenvalue weighted by atomic mass is 32.2. The highest BCUT2D eigenvalue weighted by molar-refractivity contribution is 7.99. The molecule has 1 fully saturated rings. The van der Waals surface area contributed by atoms with Crippen molar-refractivity contribution >= 4 is 35.4 Å². The van der Waals surface area contributed by atoms with Crippen LogP contribution in [0, 0.1) is 5.92 Å². The lowest BCUT2D eigenvalue weighted by atomic mass is 9.98. The molecule has 0 bridgehead atoms. The van der Waals surface area contributed by atoms with Crippen molar-refractivity contribution < 1.29 is 41.0 Å². The summed E-state index contributed by atoms with van der Waals surface area (Å²) in [6.45, 7) is 1.23. The summed E-state index contributed by atoms with van der Waals surface area (Å²) in [5.41, 5.74) is -4.02. The Balaban J connectivity index is 1.74. The van der Waals surface area contributed by atoms with Gasteiger partial charge in [-0.05, 0) is 49.1 Å². The predicted molar refractivity (Wildman–Crippen MR) is 139 cm³/mol. The van der Waals surface area contributed by atoms with E-state index in [1.165, 1.54) is 11.0 Å². The lowest BCUT2D eigenvalue weighted by Gasteiger charge is -2.33.